The van der Waals surface area contributed by atoms with Crippen LogP contribution in [-0.4, -0.2) is 18.9 Å². The normalized spacial score (nSPS) is 7.82. The summed E-state index contributed by atoms with van der Waals surface area (Å²) in [6, 6.07) is 4.40. The van der Waals surface area contributed by atoms with Crippen LogP contribution < -0.4 is 4.74 Å². The fourth-order valence-electron chi connectivity index (χ4n) is 0.503. The molecule has 0 amide bonds. The van der Waals surface area contributed by atoms with Crippen molar-refractivity contribution in [2.24, 2.45) is 0 Å². The van der Waals surface area contributed by atoms with Crippen LogP contribution in [0.15, 0.2) is 18.2 Å². The average Bonchev–Trinajstić information content (AvgIpc) is 2.08. The molecular weight excluding hydrogens is 149 g/mol. The summed E-state index contributed by atoms with van der Waals surface area (Å²) in [5.74, 6) is -0.218. The summed E-state index contributed by atoms with van der Waals surface area (Å²) in [4.78, 5) is 11.4. The number of rotatable bonds is 1. The number of methoxy groups -OCH3 is 1. The van der Waals surface area contributed by atoms with E-state index in [1.54, 1.807) is 12.1 Å². The number of hydrogen-bond donors (Lipinski definition) is 0. The van der Waals surface area contributed by atoms with Gasteiger partial charge in [0.1, 0.15) is 6.79 Å². The molecule has 1 aromatic rings. The lowest BCUT2D eigenvalue weighted by molar-refractivity contribution is -0.0979. The third-order valence-electron chi connectivity index (χ3n) is 0.899. The highest BCUT2D eigenvalue weighted by Crippen LogP contribution is 2.03. The molecule has 0 bridgehead atoms. The highest BCUT2D eigenvalue weighted by Gasteiger charge is 1.91. The van der Waals surface area contributed by atoms with Crippen LogP contribution >= 0.6 is 0 Å². The molecule has 4 heteroatoms. The van der Waals surface area contributed by atoms with Crippen molar-refractivity contribution < 1.29 is 13.9 Å². The lowest BCUT2D eigenvalue weighted by atomic mass is 10.5. The molecule has 1 heterocycles. The first kappa shape index (κ1) is 9.55. The quantitative estimate of drug-likeness (QED) is 0.572. The number of aromatic nitrogens is 1. The van der Waals surface area contributed by atoms with Gasteiger partial charge in [0, 0.05) is 6.07 Å². The van der Waals surface area contributed by atoms with Gasteiger partial charge in [0.05, 0.1) is 7.11 Å². The molecule has 1 rings (SSSR count). The molecule has 0 saturated carbocycles. The zero-order chi connectivity index (χ0) is 8.69. The highest BCUT2D eigenvalue weighted by atomic mass is 19.1. The third kappa shape index (κ3) is 3.30. The number of carbonyl (C=O) groups is 1. The largest absolute Gasteiger partial charge is 0.481 e. The molecule has 60 valence electrons. The molecule has 3 nitrogen and oxygen atoms in total. The molecule has 0 saturated heterocycles. The molecule has 0 aliphatic heterocycles. The van der Waals surface area contributed by atoms with Crippen LogP contribution in [0.3, 0.4) is 0 Å². The Morgan fingerprint density at radius 3 is 2.55 bits per heavy atom. The van der Waals surface area contributed by atoms with E-state index in [4.69, 9.17) is 4.79 Å². The van der Waals surface area contributed by atoms with Crippen molar-refractivity contribution in [3.8, 4) is 5.88 Å². The van der Waals surface area contributed by atoms with E-state index in [9.17, 15) is 4.39 Å². The van der Waals surface area contributed by atoms with E-state index in [0.717, 1.165) is 0 Å². The number of halogens is 1. The van der Waals surface area contributed by atoms with E-state index < -0.39 is 5.95 Å². The first-order valence-electron chi connectivity index (χ1n) is 2.78. The van der Waals surface area contributed by atoms with Gasteiger partial charge in [0.2, 0.25) is 11.8 Å². The van der Waals surface area contributed by atoms with E-state index in [1.807, 2.05) is 6.79 Å². The summed E-state index contributed by atoms with van der Waals surface area (Å²) in [5, 5.41) is 0. The Bertz CT molecular complexity index is 217. The predicted octanol–water partition coefficient (Wildman–Crippen LogP) is 1.04. The Morgan fingerprint density at radius 2 is 2.18 bits per heavy atom. The Labute approximate surface area is 63.8 Å². The molecule has 0 fully saturated rings. The SMILES string of the molecule is C=O.COc1cccc(F)n1. The van der Waals surface area contributed by atoms with Gasteiger partial charge in [0.25, 0.3) is 0 Å². The highest BCUT2D eigenvalue weighted by molar-refractivity contribution is 5.11. The summed E-state index contributed by atoms with van der Waals surface area (Å²) in [6.45, 7) is 2.00. The fraction of sp³-hybridized carbons (Fsp3) is 0.143. The van der Waals surface area contributed by atoms with Crippen molar-refractivity contribution in [1.29, 1.82) is 0 Å². The Hall–Kier alpha value is -1.45. The molecule has 0 N–H and O–H groups in total. The standard InChI is InChI=1S/C6H6FNO.CH2O/c1-9-6-4-2-3-5(7)8-6;1-2/h2-4H,1H3;1H2. The maximum atomic E-state index is 12.2. The maximum Gasteiger partial charge on any atom is 0.216 e. The van der Waals surface area contributed by atoms with Crippen LogP contribution in [0.1, 0.15) is 0 Å². The Balaban J connectivity index is 0.000000461. The van der Waals surface area contributed by atoms with Crippen LogP contribution in [0.4, 0.5) is 4.39 Å². The smallest absolute Gasteiger partial charge is 0.216 e. The minimum atomic E-state index is -0.519. The lowest BCUT2D eigenvalue weighted by Gasteiger charge is -1.94. The summed E-state index contributed by atoms with van der Waals surface area (Å²) in [6.07, 6.45) is 0. The zero-order valence-electron chi connectivity index (χ0n) is 6.08. The summed E-state index contributed by atoms with van der Waals surface area (Å²) >= 11 is 0. The number of hydrogen-bond acceptors (Lipinski definition) is 3. The van der Waals surface area contributed by atoms with Gasteiger partial charge in [-0.1, -0.05) is 6.07 Å². The maximum absolute atomic E-state index is 12.2. The second-order valence-electron chi connectivity index (χ2n) is 1.50. The van der Waals surface area contributed by atoms with Gasteiger partial charge in [-0.2, -0.15) is 9.37 Å². The topological polar surface area (TPSA) is 39.2 Å². The molecule has 0 aliphatic carbocycles. The van der Waals surface area contributed by atoms with Crippen LogP contribution in [0.2, 0.25) is 0 Å². The summed E-state index contributed by atoms with van der Waals surface area (Å²) in [7, 11) is 1.45. The summed E-state index contributed by atoms with van der Waals surface area (Å²) < 4.78 is 16.8. The predicted molar refractivity (Wildman–Crippen MR) is 37.9 cm³/mol. The molecule has 0 aromatic carbocycles. The van der Waals surface area contributed by atoms with Gasteiger partial charge in [-0.15, -0.1) is 0 Å². The molecule has 11 heavy (non-hydrogen) atoms. The first-order valence-corrected chi connectivity index (χ1v) is 2.78. The number of nitrogens with zero attached hydrogens (tertiary/aromatic N) is 1. The van der Waals surface area contributed by atoms with E-state index in [0.29, 0.717) is 5.88 Å². The van der Waals surface area contributed by atoms with Gasteiger partial charge < -0.3 is 9.53 Å². The molecule has 0 atom stereocenters. The minimum Gasteiger partial charge on any atom is -0.481 e. The Kier molecular flexibility index (Phi) is 4.64. The van der Waals surface area contributed by atoms with Crippen molar-refractivity contribution in [2.45, 2.75) is 0 Å². The number of carbonyl (C=O) groups excluding carboxylic acids is 1. The lowest BCUT2D eigenvalue weighted by Crippen LogP contribution is -1.88. The second-order valence-corrected chi connectivity index (χ2v) is 1.50. The minimum absolute atomic E-state index is 0.301. The Morgan fingerprint density at radius 1 is 1.55 bits per heavy atom. The zero-order valence-corrected chi connectivity index (χ0v) is 6.08. The molecule has 0 unspecified atom stereocenters. The van der Waals surface area contributed by atoms with E-state index >= 15 is 0 Å². The van der Waals surface area contributed by atoms with Crippen molar-refractivity contribution in [3.63, 3.8) is 0 Å². The van der Waals surface area contributed by atoms with Crippen molar-refractivity contribution >= 4 is 6.79 Å². The molecule has 0 aliphatic rings. The van der Waals surface area contributed by atoms with Crippen molar-refractivity contribution in [1.82, 2.24) is 4.98 Å². The van der Waals surface area contributed by atoms with E-state index in [-0.39, 0.29) is 0 Å². The van der Waals surface area contributed by atoms with Gasteiger partial charge in [-0.05, 0) is 6.07 Å². The molecular formula is C7H8FNO2. The van der Waals surface area contributed by atoms with Gasteiger partial charge >= 0.3 is 0 Å². The molecule has 1 aromatic heterocycles. The van der Waals surface area contributed by atoms with E-state index in [1.165, 1.54) is 13.2 Å². The first-order chi connectivity index (χ1) is 5.33. The van der Waals surface area contributed by atoms with Crippen LogP contribution in [-0.2, 0) is 4.79 Å². The van der Waals surface area contributed by atoms with Crippen molar-refractivity contribution in [3.05, 3.63) is 24.1 Å². The van der Waals surface area contributed by atoms with Crippen molar-refractivity contribution in [2.75, 3.05) is 7.11 Å². The van der Waals surface area contributed by atoms with Gasteiger partial charge in [-0.25, -0.2) is 0 Å². The number of pyridine rings is 1. The summed E-state index contributed by atoms with van der Waals surface area (Å²) in [5.41, 5.74) is 0. The van der Waals surface area contributed by atoms with Crippen LogP contribution in [0.5, 0.6) is 5.88 Å². The fourth-order valence-corrected chi connectivity index (χ4v) is 0.503. The molecule has 0 radical (unpaired) electrons. The molecule has 0 spiro atoms. The second kappa shape index (κ2) is 5.34. The van der Waals surface area contributed by atoms with Crippen LogP contribution in [0, 0.1) is 5.95 Å². The van der Waals surface area contributed by atoms with Crippen LogP contribution in [0.25, 0.3) is 0 Å². The number of ether oxygens (including phenoxy) is 1. The monoisotopic (exact) mass is 157 g/mol. The average molecular weight is 157 g/mol. The van der Waals surface area contributed by atoms with Gasteiger partial charge in [-0.3, -0.25) is 0 Å². The van der Waals surface area contributed by atoms with Gasteiger partial charge in [0.15, 0.2) is 0 Å². The third-order valence-corrected chi connectivity index (χ3v) is 0.899. The van der Waals surface area contributed by atoms with E-state index in [2.05, 4.69) is 9.72 Å².